The number of benzene rings is 1. The maximum Gasteiger partial charge on any atom is 0.141 e. The summed E-state index contributed by atoms with van der Waals surface area (Å²) in [7, 11) is 1.66. The van der Waals surface area contributed by atoms with Crippen LogP contribution in [-0.2, 0) is 6.54 Å². The molecule has 2 heterocycles. The Kier molecular flexibility index (Phi) is 4.66. The zero-order valence-corrected chi connectivity index (χ0v) is 13.1. The second kappa shape index (κ2) is 6.67. The average molecular weight is 289 g/mol. The fourth-order valence-corrected chi connectivity index (χ4v) is 3.68. The summed E-state index contributed by atoms with van der Waals surface area (Å²) in [4.78, 5) is 5.26. The van der Waals surface area contributed by atoms with Crippen molar-refractivity contribution in [2.75, 3.05) is 39.0 Å². The Balaban J connectivity index is 1.55. The van der Waals surface area contributed by atoms with E-state index >= 15 is 0 Å². The van der Waals surface area contributed by atoms with Crippen molar-refractivity contribution in [3.8, 4) is 5.75 Å². The largest absolute Gasteiger partial charge is 0.495 e. The first-order valence-corrected chi connectivity index (χ1v) is 8.15. The standard InChI is InChI=1S/C17H27N3O/c1-21-17-6-5-14(11-16(17)18)12-19-10-7-15(13-19)20-8-3-2-4-9-20/h5-6,11,15H,2-4,7-10,12-13,18H2,1H3. The van der Waals surface area contributed by atoms with Gasteiger partial charge in [-0.1, -0.05) is 12.5 Å². The first kappa shape index (κ1) is 14.7. The molecule has 0 radical (unpaired) electrons. The number of likely N-dealkylation sites (tertiary alicyclic amines) is 2. The summed E-state index contributed by atoms with van der Waals surface area (Å²) in [6.45, 7) is 6.00. The summed E-state index contributed by atoms with van der Waals surface area (Å²) >= 11 is 0. The molecule has 0 spiro atoms. The number of ether oxygens (including phenoxy) is 1. The highest BCUT2D eigenvalue weighted by atomic mass is 16.5. The van der Waals surface area contributed by atoms with Crippen molar-refractivity contribution in [2.45, 2.75) is 38.3 Å². The van der Waals surface area contributed by atoms with E-state index < -0.39 is 0 Å². The van der Waals surface area contributed by atoms with Crippen molar-refractivity contribution in [2.24, 2.45) is 0 Å². The Labute approximate surface area is 127 Å². The molecule has 4 nitrogen and oxygen atoms in total. The molecule has 2 fully saturated rings. The number of hydrogen-bond donors (Lipinski definition) is 1. The first-order chi connectivity index (χ1) is 10.3. The summed E-state index contributed by atoms with van der Waals surface area (Å²) < 4.78 is 5.22. The highest BCUT2D eigenvalue weighted by molar-refractivity contribution is 5.54. The molecule has 0 aliphatic carbocycles. The van der Waals surface area contributed by atoms with E-state index in [1.165, 1.54) is 57.4 Å². The van der Waals surface area contributed by atoms with E-state index in [0.29, 0.717) is 0 Å². The van der Waals surface area contributed by atoms with Gasteiger partial charge >= 0.3 is 0 Å². The zero-order valence-electron chi connectivity index (χ0n) is 13.1. The minimum Gasteiger partial charge on any atom is -0.495 e. The lowest BCUT2D eigenvalue weighted by Gasteiger charge is -2.32. The fraction of sp³-hybridized carbons (Fsp3) is 0.647. The van der Waals surface area contributed by atoms with Crippen molar-refractivity contribution in [1.29, 1.82) is 0 Å². The Morgan fingerprint density at radius 1 is 1.19 bits per heavy atom. The Bertz CT molecular complexity index is 471. The van der Waals surface area contributed by atoms with Crippen molar-refractivity contribution < 1.29 is 4.74 Å². The normalized spacial score (nSPS) is 24.3. The van der Waals surface area contributed by atoms with Gasteiger partial charge in [-0.15, -0.1) is 0 Å². The predicted octanol–water partition coefficient (Wildman–Crippen LogP) is 2.34. The minimum atomic E-state index is 0.738. The molecule has 1 atom stereocenters. The van der Waals surface area contributed by atoms with E-state index in [0.717, 1.165) is 24.0 Å². The van der Waals surface area contributed by atoms with E-state index in [4.69, 9.17) is 10.5 Å². The van der Waals surface area contributed by atoms with E-state index in [9.17, 15) is 0 Å². The summed E-state index contributed by atoms with van der Waals surface area (Å²) in [6.07, 6.45) is 5.49. The lowest BCUT2D eigenvalue weighted by Crippen LogP contribution is -2.40. The highest BCUT2D eigenvalue weighted by Crippen LogP contribution is 2.25. The Hall–Kier alpha value is -1.26. The maximum absolute atomic E-state index is 6.00. The number of anilines is 1. The molecule has 3 rings (SSSR count). The van der Waals surface area contributed by atoms with Crippen molar-refractivity contribution in [3.05, 3.63) is 23.8 Å². The molecule has 21 heavy (non-hydrogen) atoms. The van der Waals surface area contributed by atoms with Crippen molar-refractivity contribution in [3.63, 3.8) is 0 Å². The fourth-order valence-electron chi connectivity index (χ4n) is 3.68. The van der Waals surface area contributed by atoms with Crippen LogP contribution in [0.25, 0.3) is 0 Å². The highest BCUT2D eigenvalue weighted by Gasteiger charge is 2.28. The molecule has 1 aromatic rings. The van der Waals surface area contributed by atoms with E-state index in [-0.39, 0.29) is 0 Å². The zero-order chi connectivity index (χ0) is 14.7. The maximum atomic E-state index is 6.00. The lowest BCUT2D eigenvalue weighted by molar-refractivity contribution is 0.161. The number of nitrogen functional groups attached to an aromatic ring is 1. The molecule has 0 aromatic heterocycles. The summed E-state index contributed by atoms with van der Waals surface area (Å²) in [6, 6.07) is 6.92. The summed E-state index contributed by atoms with van der Waals surface area (Å²) in [5, 5.41) is 0. The van der Waals surface area contributed by atoms with E-state index in [1.807, 2.05) is 12.1 Å². The second-order valence-corrected chi connectivity index (χ2v) is 6.35. The Morgan fingerprint density at radius 3 is 2.71 bits per heavy atom. The number of methoxy groups -OCH3 is 1. The molecule has 2 aliphatic rings. The molecule has 2 saturated heterocycles. The molecular formula is C17H27N3O. The summed E-state index contributed by atoms with van der Waals surface area (Å²) in [5.74, 6) is 0.770. The van der Waals surface area contributed by atoms with Crippen molar-refractivity contribution >= 4 is 5.69 Å². The van der Waals surface area contributed by atoms with Gasteiger partial charge in [-0.05, 0) is 50.0 Å². The number of nitrogens with zero attached hydrogens (tertiary/aromatic N) is 2. The van der Waals surface area contributed by atoms with Gasteiger partial charge in [-0.2, -0.15) is 0 Å². The van der Waals surface area contributed by atoms with Gasteiger partial charge in [0.15, 0.2) is 0 Å². The smallest absolute Gasteiger partial charge is 0.141 e. The van der Waals surface area contributed by atoms with Crippen LogP contribution in [0.3, 0.4) is 0 Å². The molecule has 0 saturated carbocycles. The molecule has 4 heteroatoms. The third-order valence-corrected chi connectivity index (χ3v) is 4.85. The van der Waals surface area contributed by atoms with E-state index in [1.54, 1.807) is 7.11 Å². The van der Waals surface area contributed by atoms with Crippen LogP contribution in [0.1, 0.15) is 31.2 Å². The predicted molar refractivity (Wildman–Crippen MR) is 86.5 cm³/mol. The van der Waals surface area contributed by atoms with Crippen LogP contribution in [0, 0.1) is 0 Å². The Morgan fingerprint density at radius 2 is 2.00 bits per heavy atom. The SMILES string of the molecule is COc1ccc(CN2CCC(N3CCCCC3)C2)cc1N. The van der Waals surface area contributed by atoms with Gasteiger partial charge < -0.3 is 10.5 Å². The molecule has 1 unspecified atom stereocenters. The molecule has 2 N–H and O–H groups in total. The van der Waals surface area contributed by atoms with Gasteiger partial charge in [0.05, 0.1) is 12.8 Å². The van der Waals surface area contributed by atoms with Crippen LogP contribution < -0.4 is 10.5 Å². The van der Waals surface area contributed by atoms with Crippen LogP contribution in [-0.4, -0.2) is 49.1 Å². The number of piperidine rings is 1. The third kappa shape index (κ3) is 3.50. The quantitative estimate of drug-likeness (QED) is 0.864. The second-order valence-electron chi connectivity index (χ2n) is 6.35. The van der Waals surface area contributed by atoms with Gasteiger partial charge in [0.2, 0.25) is 0 Å². The van der Waals surface area contributed by atoms with Crippen molar-refractivity contribution in [1.82, 2.24) is 9.80 Å². The number of hydrogen-bond acceptors (Lipinski definition) is 4. The monoisotopic (exact) mass is 289 g/mol. The van der Waals surface area contributed by atoms with Crippen LogP contribution in [0.5, 0.6) is 5.75 Å². The van der Waals surface area contributed by atoms with Gasteiger partial charge in [-0.25, -0.2) is 0 Å². The topological polar surface area (TPSA) is 41.7 Å². The molecule has 0 bridgehead atoms. The molecule has 116 valence electrons. The van der Waals surface area contributed by atoms with Gasteiger partial charge in [0.25, 0.3) is 0 Å². The van der Waals surface area contributed by atoms with Gasteiger partial charge in [-0.3, -0.25) is 9.80 Å². The lowest BCUT2D eigenvalue weighted by atomic mass is 10.1. The average Bonchev–Trinajstić information content (AvgIpc) is 2.97. The van der Waals surface area contributed by atoms with Crippen LogP contribution >= 0.6 is 0 Å². The van der Waals surface area contributed by atoms with Gasteiger partial charge in [0, 0.05) is 25.7 Å². The van der Waals surface area contributed by atoms with Crippen LogP contribution in [0.15, 0.2) is 18.2 Å². The molecular weight excluding hydrogens is 262 g/mol. The first-order valence-electron chi connectivity index (χ1n) is 8.15. The molecule has 0 amide bonds. The molecule has 2 aliphatic heterocycles. The minimum absolute atomic E-state index is 0.738. The van der Waals surface area contributed by atoms with Gasteiger partial charge in [0.1, 0.15) is 5.75 Å². The number of rotatable bonds is 4. The summed E-state index contributed by atoms with van der Waals surface area (Å²) in [5.41, 5.74) is 8.02. The molecule has 1 aromatic carbocycles. The van der Waals surface area contributed by atoms with Crippen LogP contribution in [0.4, 0.5) is 5.69 Å². The number of nitrogens with two attached hydrogens (primary N) is 1. The third-order valence-electron chi connectivity index (χ3n) is 4.85. The van der Waals surface area contributed by atoms with Crippen LogP contribution in [0.2, 0.25) is 0 Å². The van der Waals surface area contributed by atoms with E-state index in [2.05, 4.69) is 15.9 Å².